The molecule has 122 valence electrons. The number of Topliss-reactive ketones (excluding diaryl/α,β-unsaturated/α-hetero) is 1. The average molecular weight is 343 g/mol. The summed E-state index contributed by atoms with van der Waals surface area (Å²) in [5, 5.41) is 4.03. The number of rotatable bonds is 5. The Morgan fingerprint density at radius 2 is 1.92 bits per heavy atom. The van der Waals surface area contributed by atoms with Crippen LogP contribution in [0.4, 0.5) is 5.82 Å². The summed E-state index contributed by atoms with van der Waals surface area (Å²) in [6.07, 6.45) is 4.51. The predicted molar refractivity (Wildman–Crippen MR) is 86.4 cm³/mol. The maximum atomic E-state index is 12.4. The highest BCUT2D eigenvalue weighted by atomic mass is 32.2. The number of carbonyl (C=O) groups excluding carboxylic acids is 1. The maximum absolute atomic E-state index is 12.4. The molecule has 9 heteroatoms. The lowest BCUT2D eigenvalue weighted by Gasteiger charge is -2.08. The van der Waals surface area contributed by atoms with Crippen LogP contribution in [0.1, 0.15) is 17.3 Å². The van der Waals surface area contributed by atoms with Crippen molar-refractivity contribution in [3.05, 3.63) is 60.7 Å². The molecule has 0 aliphatic rings. The Balaban J connectivity index is 1.87. The van der Waals surface area contributed by atoms with Gasteiger partial charge < -0.3 is 0 Å². The van der Waals surface area contributed by atoms with Crippen LogP contribution in [0.2, 0.25) is 0 Å². The molecule has 8 nitrogen and oxygen atoms in total. The Labute approximate surface area is 138 Å². The first-order valence-corrected chi connectivity index (χ1v) is 8.40. The molecule has 0 saturated carbocycles. The minimum Gasteiger partial charge on any atom is -0.295 e. The van der Waals surface area contributed by atoms with Gasteiger partial charge in [-0.3, -0.25) is 9.52 Å². The second kappa shape index (κ2) is 6.20. The van der Waals surface area contributed by atoms with Crippen molar-refractivity contribution in [2.24, 2.45) is 0 Å². The molecule has 0 bridgehead atoms. The van der Waals surface area contributed by atoms with E-state index in [1.54, 1.807) is 18.5 Å². The van der Waals surface area contributed by atoms with E-state index in [-0.39, 0.29) is 16.5 Å². The number of ketones is 1. The number of anilines is 1. The van der Waals surface area contributed by atoms with Crippen molar-refractivity contribution in [2.75, 3.05) is 4.72 Å². The summed E-state index contributed by atoms with van der Waals surface area (Å²) in [5.74, 6) is 0.414. The molecule has 0 saturated heterocycles. The Hall–Kier alpha value is -3.07. The van der Waals surface area contributed by atoms with Crippen molar-refractivity contribution >= 4 is 21.6 Å². The summed E-state index contributed by atoms with van der Waals surface area (Å²) in [6.45, 7) is 1.42. The number of aromatic nitrogens is 4. The molecular formula is C15H13N5O3S. The lowest BCUT2D eigenvalue weighted by atomic mass is 10.2. The number of nitrogens with zero attached hydrogens (tertiary/aromatic N) is 4. The molecule has 1 N–H and O–H groups in total. The van der Waals surface area contributed by atoms with E-state index in [1.165, 1.54) is 48.3 Å². The largest absolute Gasteiger partial charge is 0.295 e. The second-order valence-corrected chi connectivity index (χ2v) is 6.58. The maximum Gasteiger partial charge on any atom is 0.263 e. The van der Waals surface area contributed by atoms with Crippen LogP contribution in [-0.2, 0) is 10.0 Å². The standard InChI is InChI=1S/C15H13N5O3S/c1-11(21)12-3-5-13(6-4-12)24(22,23)19-14-9-15(17-10-16-14)20-8-2-7-18-20/h2-10H,1H3,(H,16,17,19). The minimum absolute atomic E-state index is 0.0340. The summed E-state index contributed by atoms with van der Waals surface area (Å²) in [6, 6.07) is 8.86. The lowest BCUT2D eigenvalue weighted by Crippen LogP contribution is -2.14. The van der Waals surface area contributed by atoms with Gasteiger partial charge in [-0.15, -0.1) is 0 Å². The third-order valence-corrected chi connectivity index (χ3v) is 4.57. The Kier molecular flexibility index (Phi) is 4.09. The van der Waals surface area contributed by atoms with Gasteiger partial charge in [0.25, 0.3) is 10.0 Å². The highest BCUT2D eigenvalue weighted by Crippen LogP contribution is 2.16. The fraction of sp³-hybridized carbons (Fsp3) is 0.0667. The third-order valence-electron chi connectivity index (χ3n) is 3.20. The van der Waals surface area contributed by atoms with Crippen molar-refractivity contribution in [3.63, 3.8) is 0 Å². The first-order chi connectivity index (χ1) is 11.5. The zero-order valence-corrected chi connectivity index (χ0v) is 13.4. The van der Waals surface area contributed by atoms with E-state index in [1.807, 2.05) is 0 Å². The van der Waals surface area contributed by atoms with Gasteiger partial charge in [-0.25, -0.2) is 23.1 Å². The average Bonchev–Trinajstić information content (AvgIpc) is 3.09. The van der Waals surface area contributed by atoms with Gasteiger partial charge in [-0.05, 0) is 25.1 Å². The Bertz CT molecular complexity index is 967. The molecule has 0 spiro atoms. The van der Waals surface area contributed by atoms with Crippen LogP contribution < -0.4 is 4.72 Å². The van der Waals surface area contributed by atoms with Crippen LogP contribution in [0.5, 0.6) is 0 Å². The molecule has 1 aromatic carbocycles. The molecule has 0 aliphatic heterocycles. The summed E-state index contributed by atoms with van der Waals surface area (Å²) in [7, 11) is -3.82. The Morgan fingerprint density at radius 1 is 1.17 bits per heavy atom. The first kappa shape index (κ1) is 15.8. The molecule has 0 radical (unpaired) electrons. The molecule has 3 aromatic rings. The van der Waals surface area contributed by atoms with Crippen LogP contribution in [0.15, 0.2) is 60.0 Å². The van der Waals surface area contributed by atoms with Crippen LogP contribution in [-0.4, -0.2) is 33.9 Å². The summed E-state index contributed by atoms with van der Waals surface area (Å²) in [4.78, 5) is 19.2. The highest BCUT2D eigenvalue weighted by molar-refractivity contribution is 7.92. The zero-order valence-electron chi connectivity index (χ0n) is 12.6. The fourth-order valence-corrected chi connectivity index (χ4v) is 3.00. The fourth-order valence-electron chi connectivity index (χ4n) is 2.00. The molecule has 2 heterocycles. The monoisotopic (exact) mass is 343 g/mol. The second-order valence-electron chi connectivity index (χ2n) is 4.90. The topological polar surface area (TPSA) is 107 Å². The van der Waals surface area contributed by atoms with Gasteiger partial charge in [-0.1, -0.05) is 12.1 Å². The van der Waals surface area contributed by atoms with Crippen molar-refractivity contribution in [3.8, 4) is 5.82 Å². The van der Waals surface area contributed by atoms with Crippen molar-refractivity contribution in [2.45, 2.75) is 11.8 Å². The molecule has 0 aliphatic carbocycles. The SMILES string of the molecule is CC(=O)c1ccc(S(=O)(=O)Nc2cc(-n3cccn3)ncn2)cc1. The lowest BCUT2D eigenvalue weighted by molar-refractivity contribution is 0.101. The number of sulfonamides is 1. The van der Waals surface area contributed by atoms with Crippen LogP contribution >= 0.6 is 0 Å². The van der Waals surface area contributed by atoms with Crippen LogP contribution in [0.25, 0.3) is 5.82 Å². The van der Waals surface area contributed by atoms with Crippen molar-refractivity contribution in [1.29, 1.82) is 0 Å². The number of nitrogens with one attached hydrogen (secondary N) is 1. The molecule has 0 fully saturated rings. The summed E-state index contributed by atoms with van der Waals surface area (Å²) in [5.41, 5.74) is 0.442. The summed E-state index contributed by atoms with van der Waals surface area (Å²) < 4.78 is 28.7. The molecule has 0 atom stereocenters. The highest BCUT2D eigenvalue weighted by Gasteiger charge is 2.16. The van der Waals surface area contributed by atoms with E-state index in [2.05, 4.69) is 19.8 Å². The Morgan fingerprint density at radius 3 is 2.54 bits per heavy atom. The van der Waals surface area contributed by atoms with E-state index < -0.39 is 10.0 Å². The van der Waals surface area contributed by atoms with Crippen molar-refractivity contribution < 1.29 is 13.2 Å². The smallest absolute Gasteiger partial charge is 0.263 e. The van der Waals surface area contributed by atoms with Gasteiger partial charge in [-0.2, -0.15) is 5.10 Å². The van der Waals surface area contributed by atoms with E-state index in [4.69, 9.17) is 0 Å². The minimum atomic E-state index is -3.82. The van der Waals surface area contributed by atoms with E-state index in [9.17, 15) is 13.2 Å². The van der Waals surface area contributed by atoms with Crippen LogP contribution in [0.3, 0.4) is 0 Å². The molecule has 3 rings (SSSR count). The number of hydrogen-bond acceptors (Lipinski definition) is 6. The van der Waals surface area contributed by atoms with Crippen molar-refractivity contribution in [1.82, 2.24) is 19.7 Å². The van der Waals surface area contributed by atoms with Gasteiger partial charge in [0.1, 0.15) is 12.1 Å². The normalized spacial score (nSPS) is 11.2. The molecule has 0 unspecified atom stereocenters. The van der Waals surface area contributed by atoms with E-state index in [0.29, 0.717) is 11.4 Å². The van der Waals surface area contributed by atoms with Gasteiger partial charge >= 0.3 is 0 Å². The molecule has 0 amide bonds. The number of hydrogen-bond donors (Lipinski definition) is 1. The molecular weight excluding hydrogens is 330 g/mol. The van der Waals surface area contributed by atoms with Gasteiger partial charge in [0.15, 0.2) is 11.6 Å². The number of benzene rings is 1. The van der Waals surface area contributed by atoms with Gasteiger partial charge in [0.05, 0.1) is 4.90 Å². The number of carbonyl (C=O) groups is 1. The summed E-state index contributed by atoms with van der Waals surface area (Å²) >= 11 is 0. The quantitative estimate of drug-likeness (QED) is 0.706. The van der Waals surface area contributed by atoms with Gasteiger partial charge in [0.2, 0.25) is 0 Å². The van der Waals surface area contributed by atoms with Crippen LogP contribution in [0, 0.1) is 0 Å². The van der Waals surface area contributed by atoms with E-state index in [0.717, 1.165) is 0 Å². The molecule has 24 heavy (non-hydrogen) atoms. The first-order valence-electron chi connectivity index (χ1n) is 6.91. The van der Waals surface area contributed by atoms with Gasteiger partial charge in [0, 0.05) is 24.0 Å². The molecule has 2 aromatic heterocycles. The predicted octanol–water partition coefficient (Wildman–Crippen LogP) is 1.67. The zero-order chi connectivity index (χ0) is 17.2. The third kappa shape index (κ3) is 3.30. The van der Waals surface area contributed by atoms with E-state index >= 15 is 0 Å².